The molecule has 3 rings (SSSR count). The van der Waals surface area contributed by atoms with Crippen molar-refractivity contribution in [3.8, 4) is 5.69 Å². The minimum absolute atomic E-state index is 0.138. The molecule has 3 aromatic rings. The molecule has 0 atom stereocenters. The van der Waals surface area contributed by atoms with E-state index in [1.807, 2.05) is 30.3 Å². The van der Waals surface area contributed by atoms with E-state index in [0.717, 1.165) is 11.3 Å². The van der Waals surface area contributed by atoms with E-state index >= 15 is 0 Å². The number of benzene rings is 2. The van der Waals surface area contributed by atoms with Gasteiger partial charge in [-0.25, -0.2) is 13.1 Å². The molecule has 0 saturated heterocycles. The smallest absolute Gasteiger partial charge is 0.243 e. The Morgan fingerprint density at radius 3 is 2.47 bits per heavy atom. The molecule has 0 unspecified atom stereocenters. The number of para-hydroxylation sites is 1. The number of hydrogen-bond acceptors (Lipinski definition) is 4. The van der Waals surface area contributed by atoms with E-state index in [-0.39, 0.29) is 17.2 Å². The highest BCUT2D eigenvalue weighted by molar-refractivity contribution is 7.89. The topological polar surface area (TPSA) is 84.3 Å². The molecule has 1 aromatic heterocycles. The molecule has 0 radical (unpaired) electrons. The molecule has 7 nitrogen and oxygen atoms in total. The fraction of sp³-hybridized carbons (Fsp3) is 0.273. The first-order valence-electron chi connectivity index (χ1n) is 9.84. The summed E-state index contributed by atoms with van der Waals surface area (Å²) in [5.41, 5.74) is 2.77. The van der Waals surface area contributed by atoms with E-state index in [2.05, 4.69) is 10.4 Å². The van der Waals surface area contributed by atoms with E-state index in [1.165, 1.54) is 10.4 Å². The van der Waals surface area contributed by atoms with Gasteiger partial charge in [0, 0.05) is 25.0 Å². The van der Waals surface area contributed by atoms with Crippen molar-refractivity contribution in [2.75, 3.05) is 18.4 Å². The Morgan fingerprint density at radius 1 is 1.10 bits per heavy atom. The number of carbonyl (C=O) groups excluding carboxylic acids is 1. The van der Waals surface area contributed by atoms with Gasteiger partial charge >= 0.3 is 0 Å². The van der Waals surface area contributed by atoms with Crippen molar-refractivity contribution in [3.05, 3.63) is 72.1 Å². The van der Waals surface area contributed by atoms with Crippen molar-refractivity contribution in [2.45, 2.75) is 32.1 Å². The number of aryl methyl sites for hydroxylation is 1. The molecule has 0 aliphatic heterocycles. The maximum absolute atomic E-state index is 12.9. The second kappa shape index (κ2) is 9.23. The number of sulfonamides is 1. The predicted octanol–water partition coefficient (Wildman–Crippen LogP) is 3.39. The number of hydrogen-bond donors (Lipinski definition) is 1. The molecule has 1 N–H and O–H groups in total. The number of nitrogens with one attached hydrogen (secondary N) is 1. The fourth-order valence-corrected chi connectivity index (χ4v) is 4.93. The van der Waals surface area contributed by atoms with Gasteiger partial charge in [0.05, 0.1) is 23.2 Å². The van der Waals surface area contributed by atoms with Gasteiger partial charge in [-0.2, -0.15) is 9.40 Å². The quantitative estimate of drug-likeness (QED) is 0.598. The molecule has 8 heteroatoms. The van der Waals surface area contributed by atoms with Gasteiger partial charge in [-0.3, -0.25) is 4.79 Å². The summed E-state index contributed by atoms with van der Waals surface area (Å²) < 4.78 is 28.9. The fourth-order valence-electron chi connectivity index (χ4n) is 3.22. The van der Waals surface area contributed by atoms with Crippen molar-refractivity contribution in [1.82, 2.24) is 14.1 Å². The number of rotatable bonds is 8. The Morgan fingerprint density at radius 2 is 1.80 bits per heavy atom. The molecule has 0 aliphatic carbocycles. The predicted molar refractivity (Wildman–Crippen MR) is 117 cm³/mol. The first-order valence-corrected chi connectivity index (χ1v) is 11.3. The van der Waals surface area contributed by atoms with Crippen LogP contribution in [0.25, 0.3) is 5.69 Å². The maximum atomic E-state index is 12.9. The van der Waals surface area contributed by atoms with Crippen LogP contribution in [-0.4, -0.2) is 41.5 Å². The maximum Gasteiger partial charge on any atom is 0.243 e. The lowest BCUT2D eigenvalue weighted by Crippen LogP contribution is -2.31. The highest BCUT2D eigenvalue weighted by Crippen LogP contribution is 2.24. The molecule has 1 amide bonds. The summed E-state index contributed by atoms with van der Waals surface area (Å²) in [5.74, 6) is -0.238. The zero-order valence-electron chi connectivity index (χ0n) is 17.4. The van der Waals surface area contributed by atoms with Gasteiger partial charge in [-0.1, -0.05) is 38.1 Å². The van der Waals surface area contributed by atoms with Gasteiger partial charge in [0.15, 0.2) is 0 Å². The highest BCUT2D eigenvalue weighted by Gasteiger charge is 2.24. The van der Waals surface area contributed by atoms with Gasteiger partial charge in [-0.05, 0) is 42.3 Å². The molecule has 0 saturated carbocycles. The lowest BCUT2D eigenvalue weighted by molar-refractivity contribution is -0.115. The van der Waals surface area contributed by atoms with Gasteiger partial charge < -0.3 is 5.32 Å². The van der Waals surface area contributed by atoms with Crippen molar-refractivity contribution in [3.63, 3.8) is 0 Å². The highest BCUT2D eigenvalue weighted by atomic mass is 32.2. The summed E-state index contributed by atoms with van der Waals surface area (Å²) in [4.78, 5) is 12.7. The normalized spacial score (nSPS) is 11.6. The molecule has 0 bridgehead atoms. The largest absolute Gasteiger partial charge is 0.326 e. The molecule has 0 aliphatic rings. The van der Waals surface area contributed by atoms with Crippen molar-refractivity contribution in [2.24, 2.45) is 0 Å². The standard InChI is InChI=1S/C22H26N4O3S/c1-4-25(5-2)30(28,29)21-14-19(12-11-17(21)3)24-22(27)13-18-15-23-26(16-18)20-9-7-6-8-10-20/h6-12,14-16H,4-5,13H2,1-3H3,(H,24,27). The first kappa shape index (κ1) is 21.7. The minimum Gasteiger partial charge on any atom is -0.326 e. The zero-order valence-corrected chi connectivity index (χ0v) is 18.2. The third-order valence-corrected chi connectivity index (χ3v) is 7.01. The van der Waals surface area contributed by atoms with E-state index in [0.29, 0.717) is 24.3 Å². The van der Waals surface area contributed by atoms with Crippen LogP contribution in [0.3, 0.4) is 0 Å². The lowest BCUT2D eigenvalue weighted by Gasteiger charge is -2.20. The Kier molecular flexibility index (Phi) is 6.69. The summed E-state index contributed by atoms with van der Waals surface area (Å²) in [6.07, 6.45) is 3.59. The van der Waals surface area contributed by atoms with Crippen LogP contribution >= 0.6 is 0 Å². The van der Waals surface area contributed by atoms with Crippen LogP contribution in [0.4, 0.5) is 5.69 Å². The van der Waals surface area contributed by atoms with Crippen LogP contribution in [0.15, 0.2) is 65.8 Å². The molecular formula is C22H26N4O3S. The number of amides is 1. The van der Waals surface area contributed by atoms with Crippen LogP contribution in [-0.2, 0) is 21.2 Å². The van der Waals surface area contributed by atoms with Crippen LogP contribution in [0, 0.1) is 6.92 Å². The van der Waals surface area contributed by atoms with Crippen LogP contribution in [0.1, 0.15) is 25.0 Å². The summed E-state index contributed by atoms with van der Waals surface area (Å²) in [6, 6.07) is 14.6. The van der Waals surface area contributed by atoms with Crippen LogP contribution in [0.5, 0.6) is 0 Å². The van der Waals surface area contributed by atoms with E-state index in [1.54, 1.807) is 50.0 Å². The summed E-state index contributed by atoms with van der Waals surface area (Å²) >= 11 is 0. The van der Waals surface area contributed by atoms with Crippen molar-refractivity contribution in [1.29, 1.82) is 0 Å². The SMILES string of the molecule is CCN(CC)S(=O)(=O)c1cc(NC(=O)Cc2cnn(-c3ccccc3)c2)ccc1C. The molecular weight excluding hydrogens is 400 g/mol. The molecule has 1 heterocycles. The third-order valence-electron chi connectivity index (χ3n) is 4.82. The van der Waals surface area contributed by atoms with Crippen LogP contribution < -0.4 is 5.32 Å². The molecule has 0 fully saturated rings. The zero-order chi connectivity index (χ0) is 21.7. The monoisotopic (exact) mass is 426 g/mol. The van der Waals surface area contributed by atoms with Crippen LogP contribution in [0.2, 0.25) is 0 Å². The second-order valence-electron chi connectivity index (χ2n) is 6.92. The first-order chi connectivity index (χ1) is 14.3. The van der Waals surface area contributed by atoms with E-state index in [9.17, 15) is 13.2 Å². The lowest BCUT2D eigenvalue weighted by atomic mass is 10.2. The second-order valence-corrected chi connectivity index (χ2v) is 8.83. The Bertz CT molecular complexity index is 1120. The van der Waals surface area contributed by atoms with E-state index in [4.69, 9.17) is 0 Å². The van der Waals surface area contributed by atoms with Gasteiger partial charge in [-0.15, -0.1) is 0 Å². The average Bonchev–Trinajstić information content (AvgIpc) is 3.19. The van der Waals surface area contributed by atoms with Gasteiger partial charge in [0.2, 0.25) is 15.9 Å². The number of anilines is 1. The minimum atomic E-state index is -3.61. The van der Waals surface area contributed by atoms with Gasteiger partial charge in [0.25, 0.3) is 0 Å². The summed E-state index contributed by atoms with van der Waals surface area (Å²) in [6.45, 7) is 6.13. The molecule has 158 valence electrons. The molecule has 2 aromatic carbocycles. The number of nitrogens with zero attached hydrogens (tertiary/aromatic N) is 3. The van der Waals surface area contributed by atoms with Crippen molar-refractivity contribution < 1.29 is 13.2 Å². The number of carbonyl (C=O) groups is 1. The summed E-state index contributed by atoms with van der Waals surface area (Å²) in [7, 11) is -3.61. The third kappa shape index (κ3) is 4.77. The van der Waals surface area contributed by atoms with Gasteiger partial charge in [0.1, 0.15) is 0 Å². The Balaban J connectivity index is 1.74. The Labute approximate surface area is 177 Å². The molecule has 0 spiro atoms. The average molecular weight is 427 g/mol. The molecule has 30 heavy (non-hydrogen) atoms. The number of aromatic nitrogens is 2. The van der Waals surface area contributed by atoms with E-state index < -0.39 is 10.0 Å². The van der Waals surface area contributed by atoms with Crippen molar-refractivity contribution >= 4 is 21.6 Å². The summed E-state index contributed by atoms with van der Waals surface area (Å²) in [5, 5.41) is 7.09. The Hall–Kier alpha value is -2.97.